The molecule has 2 heterocycles. The van der Waals surface area contributed by atoms with E-state index in [9.17, 15) is 18.0 Å². The summed E-state index contributed by atoms with van der Waals surface area (Å²) >= 11 is 0. The first-order valence-corrected chi connectivity index (χ1v) is 11.1. The SMILES string of the molecule is Cc1cc(C(F)(F)F)nn1CC(=O)N1CCC(OCc2ccc(Oc3ccccc3)cc2)CC1. The number of carbonyl (C=O) groups is 1. The molecule has 0 bridgehead atoms. The number of hydrogen-bond acceptors (Lipinski definition) is 4. The summed E-state index contributed by atoms with van der Waals surface area (Å²) in [6, 6.07) is 18.2. The standard InChI is InChI=1S/C25H26F3N3O3/c1-18-15-23(25(26,27)28)29-31(18)16-24(32)30-13-11-20(12-14-30)33-17-19-7-9-22(10-8-19)34-21-5-3-2-4-6-21/h2-10,15,20H,11-14,16-17H2,1H3. The highest BCUT2D eigenvalue weighted by atomic mass is 19.4. The lowest BCUT2D eigenvalue weighted by Crippen LogP contribution is -2.42. The molecule has 9 heteroatoms. The number of ether oxygens (including phenoxy) is 2. The van der Waals surface area contributed by atoms with Crippen molar-refractivity contribution < 1.29 is 27.4 Å². The fourth-order valence-corrected chi connectivity index (χ4v) is 3.80. The predicted molar refractivity (Wildman–Crippen MR) is 119 cm³/mol. The number of rotatable bonds is 7. The highest BCUT2D eigenvalue weighted by Gasteiger charge is 2.34. The Kier molecular flexibility index (Phi) is 7.21. The monoisotopic (exact) mass is 473 g/mol. The smallest absolute Gasteiger partial charge is 0.435 e. The van der Waals surface area contributed by atoms with Gasteiger partial charge in [0.15, 0.2) is 5.69 Å². The number of alkyl halides is 3. The van der Waals surface area contributed by atoms with Crippen molar-refractivity contribution in [3.63, 3.8) is 0 Å². The molecule has 4 rings (SSSR count). The van der Waals surface area contributed by atoms with Gasteiger partial charge in [0.25, 0.3) is 0 Å². The summed E-state index contributed by atoms with van der Waals surface area (Å²) in [6.07, 6.45) is -3.16. The van der Waals surface area contributed by atoms with Gasteiger partial charge in [0.2, 0.25) is 5.91 Å². The second kappa shape index (κ2) is 10.3. The lowest BCUT2D eigenvalue weighted by Gasteiger charge is -2.32. The molecule has 2 aromatic carbocycles. The summed E-state index contributed by atoms with van der Waals surface area (Å²) < 4.78 is 51.4. The summed E-state index contributed by atoms with van der Waals surface area (Å²) in [6.45, 7) is 2.76. The van der Waals surface area contributed by atoms with Crippen molar-refractivity contribution >= 4 is 5.91 Å². The van der Waals surface area contributed by atoms with E-state index < -0.39 is 11.9 Å². The van der Waals surface area contributed by atoms with E-state index in [1.165, 1.54) is 6.92 Å². The Labute approximate surface area is 195 Å². The Morgan fingerprint density at radius 3 is 2.29 bits per heavy atom. The van der Waals surface area contributed by atoms with Gasteiger partial charge in [-0.15, -0.1) is 0 Å². The molecule has 1 aliphatic rings. The van der Waals surface area contributed by atoms with E-state index in [-0.39, 0.29) is 18.6 Å². The first-order chi connectivity index (χ1) is 16.3. The maximum Gasteiger partial charge on any atom is 0.435 e. The molecule has 6 nitrogen and oxygen atoms in total. The summed E-state index contributed by atoms with van der Waals surface area (Å²) in [5.41, 5.74) is 0.345. The zero-order valence-electron chi connectivity index (χ0n) is 18.8. The minimum Gasteiger partial charge on any atom is -0.457 e. The number of halogens is 3. The Morgan fingerprint density at radius 2 is 1.68 bits per heavy atom. The molecule has 3 aromatic rings. The maximum atomic E-state index is 12.8. The van der Waals surface area contributed by atoms with Crippen LogP contribution in [0.15, 0.2) is 60.7 Å². The third-order valence-electron chi connectivity index (χ3n) is 5.74. The number of aromatic nitrogens is 2. The van der Waals surface area contributed by atoms with Crippen molar-refractivity contribution in [1.29, 1.82) is 0 Å². The van der Waals surface area contributed by atoms with Crippen LogP contribution < -0.4 is 4.74 Å². The van der Waals surface area contributed by atoms with Crippen molar-refractivity contribution in [3.8, 4) is 11.5 Å². The molecule has 1 aliphatic heterocycles. The highest BCUT2D eigenvalue weighted by Crippen LogP contribution is 2.28. The molecular formula is C25H26F3N3O3. The van der Waals surface area contributed by atoms with Crippen molar-refractivity contribution in [2.24, 2.45) is 0 Å². The molecule has 180 valence electrons. The maximum absolute atomic E-state index is 12.8. The van der Waals surface area contributed by atoms with Crippen LogP contribution in [0.4, 0.5) is 13.2 Å². The minimum atomic E-state index is -4.52. The van der Waals surface area contributed by atoms with Crippen LogP contribution in [0.1, 0.15) is 29.8 Å². The van der Waals surface area contributed by atoms with Gasteiger partial charge in [0, 0.05) is 18.8 Å². The number of carbonyl (C=O) groups excluding carboxylic acids is 1. The number of hydrogen-bond donors (Lipinski definition) is 0. The van der Waals surface area contributed by atoms with Gasteiger partial charge in [-0.05, 0) is 55.7 Å². The first kappa shape index (κ1) is 23.8. The molecule has 0 saturated carbocycles. The van der Waals surface area contributed by atoms with Crippen LogP contribution in [-0.4, -0.2) is 39.8 Å². The zero-order valence-corrected chi connectivity index (χ0v) is 18.8. The number of likely N-dealkylation sites (tertiary alicyclic amines) is 1. The van der Waals surface area contributed by atoms with Crippen molar-refractivity contribution in [3.05, 3.63) is 77.6 Å². The highest BCUT2D eigenvalue weighted by molar-refractivity contribution is 5.76. The van der Waals surface area contributed by atoms with Crippen molar-refractivity contribution in [2.45, 2.75) is 45.2 Å². The van der Waals surface area contributed by atoms with Crippen molar-refractivity contribution in [2.75, 3.05) is 13.1 Å². The van der Waals surface area contributed by atoms with E-state index in [0.717, 1.165) is 27.8 Å². The van der Waals surface area contributed by atoms with Gasteiger partial charge in [0.05, 0.1) is 12.7 Å². The first-order valence-electron chi connectivity index (χ1n) is 11.1. The summed E-state index contributed by atoms with van der Waals surface area (Å²) in [4.78, 5) is 14.2. The largest absolute Gasteiger partial charge is 0.457 e. The molecule has 0 aliphatic carbocycles. The van der Waals surface area contributed by atoms with Crippen LogP contribution in [0.25, 0.3) is 0 Å². The van der Waals surface area contributed by atoms with Gasteiger partial charge >= 0.3 is 6.18 Å². The summed E-state index contributed by atoms with van der Waals surface area (Å²) in [5.74, 6) is 1.28. The van der Waals surface area contributed by atoms with Gasteiger partial charge in [-0.25, -0.2) is 0 Å². The second-order valence-electron chi connectivity index (χ2n) is 8.28. The molecule has 0 N–H and O–H groups in total. The van der Waals surface area contributed by atoms with Crippen LogP contribution in [0.2, 0.25) is 0 Å². The average molecular weight is 473 g/mol. The molecule has 1 fully saturated rings. The second-order valence-corrected chi connectivity index (χ2v) is 8.28. The Morgan fingerprint density at radius 1 is 1.03 bits per heavy atom. The Balaban J connectivity index is 1.21. The third-order valence-corrected chi connectivity index (χ3v) is 5.74. The summed E-state index contributed by atoms with van der Waals surface area (Å²) in [5, 5.41) is 3.53. The summed E-state index contributed by atoms with van der Waals surface area (Å²) in [7, 11) is 0. The number of benzene rings is 2. The van der Waals surface area contributed by atoms with Crippen LogP contribution in [0.3, 0.4) is 0 Å². The van der Waals surface area contributed by atoms with E-state index in [1.807, 2.05) is 54.6 Å². The molecule has 34 heavy (non-hydrogen) atoms. The van der Waals surface area contributed by atoms with Crippen LogP contribution in [0.5, 0.6) is 11.5 Å². The van der Waals surface area contributed by atoms with Gasteiger partial charge in [-0.2, -0.15) is 18.3 Å². The van der Waals surface area contributed by atoms with E-state index in [4.69, 9.17) is 9.47 Å². The van der Waals surface area contributed by atoms with E-state index >= 15 is 0 Å². The van der Waals surface area contributed by atoms with E-state index in [2.05, 4.69) is 5.10 Å². The van der Waals surface area contributed by atoms with Gasteiger partial charge in [-0.1, -0.05) is 30.3 Å². The zero-order chi connectivity index (χ0) is 24.1. The van der Waals surface area contributed by atoms with Crippen LogP contribution in [0, 0.1) is 6.92 Å². The number of aryl methyl sites for hydroxylation is 1. The lowest BCUT2D eigenvalue weighted by molar-refractivity contribution is -0.142. The lowest BCUT2D eigenvalue weighted by atomic mass is 10.1. The fourth-order valence-electron chi connectivity index (χ4n) is 3.80. The Bertz CT molecular complexity index is 1090. The molecule has 1 amide bonds. The number of nitrogens with zero attached hydrogens (tertiary/aromatic N) is 3. The predicted octanol–water partition coefficient (Wildman–Crippen LogP) is 5.21. The molecule has 0 spiro atoms. The Hall–Kier alpha value is -3.33. The topological polar surface area (TPSA) is 56.6 Å². The normalized spacial score (nSPS) is 14.9. The van der Waals surface area contributed by atoms with E-state index in [1.54, 1.807) is 4.90 Å². The van der Waals surface area contributed by atoms with E-state index in [0.29, 0.717) is 38.2 Å². The van der Waals surface area contributed by atoms with Gasteiger partial charge in [0.1, 0.15) is 18.0 Å². The quantitative estimate of drug-likeness (QED) is 0.473. The van der Waals surface area contributed by atoms with Crippen LogP contribution in [-0.2, 0) is 28.9 Å². The fraction of sp³-hybridized carbons (Fsp3) is 0.360. The van der Waals surface area contributed by atoms with Crippen molar-refractivity contribution in [1.82, 2.24) is 14.7 Å². The molecule has 0 unspecified atom stereocenters. The molecule has 0 radical (unpaired) electrons. The molecule has 1 aromatic heterocycles. The average Bonchev–Trinajstić information content (AvgIpc) is 3.20. The van der Waals surface area contributed by atoms with Gasteiger partial charge < -0.3 is 14.4 Å². The van der Waals surface area contributed by atoms with Crippen LogP contribution >= 0.6 is 0 Å². The molecular weight excluding hydrogens is 447 g/mol. The third kappa shape index (κ3) is 6.17. The molecule has 0 atom stereocenters. The number of para-hydroxylation sites is 1. The number of amides is 1. The number of piperidine rings is 1. The minimum absolute atomic E-state index is 0.0209. The van der Waals surface area contributed by atoms with Gasteiger partial charge in [-0.3, -0.25) is 9.48 Å². The molecule has 1 saturated heterocycles.